The van der Waals surface area contributed by atoms with E-state index in [4.69, 9.17) is 0 Å². The smallest absolute Gasteiger partial charge is 0.191 e. The van der Waals surface area contributed by atoms with Gasteiger partial charge in [-0.1, -0.05) is 0 Å². The molecule has 7 heteroatoms. The molecule has 0 aliphatic rings. The molecule has 0 bridgehead atoms. The summed E-state index contributed by atoms with van der Waals surface area (Å²) in [7, 11) is 5.98. The van der Waals surface area contributed by atoms with Gasteiger partial charge in [0.05, 0.1) is 10.7 Å². The minimum Gasteiger partial charge on any atom is -0.356 e. The first-order valence-electron chi connectivity index (χ1n) is 7.31. The van der Waals surface area contributed by atoms with Gasteiger partial charge in [0, 0.05) is 37.0 Å². The molecular weight excluding hydrogens is 409 g/mol. The molecule has 1 heterocycles. The number of aromatic nitrogens is 1. The summed E-state index contributed by atoms with van der Waals surface area (Å²) < 4.78 is 0. The molecule has 0 fully saturated rings. The Labute approximate surface area is 156 Å². The number of nitrogens with zero attached hydrogens (tertiary/aromatic N) is 3. The number of halogens is 1. The van der Waals surface area contributed by atoms with E-state index in [1.807, 2.05) is 0 Å². The minimum atomic E-state index is 0. The molecule has 0 radical (unpaired) electrons. The van der Waals surface area contributed by atoms with Gasteiger partial charge in [-0.2, -0.15) is 0 Å². The van der Waals surface area contributed by atoms with Crippen LogP contribution in [0.3, 0.4) is 0 Å². The highest BCUT2D eigenvalue weighted by Gasteiger charge is 2.20. The standard InChI is InChI=1S/C15H29N5S.HI/c1-11-12(2)21-13(19-11)8-9-17-14(16-5)18-10-15(3,4)20(6)7;/h8-10H2,1-7H3,(H2,16,17,18);1H. The summed E-state index contributed by atoms with van der Waals surface area (Å²) in [5.74, 6) is 0.843. The maximum atomic E-state index is 4.55. The summed E-state index contributed by atoms with van der Waals surface area (Å²) >= 11 is 1.78. The first-order chi connectivity index (χ1) is 9.76. The molecule has 0 aliphatic heterocycles. The van der Waals surface area contributed by atoms with E-state index in [2.05, 4.69) is 67.3 Å². The molecule has 0 atom stereocenters. The Balaban J connectivity index is 0.00000441. The molecule has 1 aromatic rings. The Bertz CT molecular complexity index is 463. The molecule has 5 nitrogen and oxygen atoms in total. The first-order valence-corrected chi connectivity index (χ1v) is 8.13. The number of thiazole rings is 1. The van der Waals surface area contributed by atoms with E-state index < -0.39 is 0 Å². The third kappa shape index (κ3) is 6.78. The summed E-state index contributed by atoms with van der Waals surface area (Å²) in [6.07, 6.45) is 0.928. The highest BCUT2D eigenvalue weighted by Crippen LogP contribution is 2.16. The maximum Gasteiger partial charge on any atom is 0.191 e. The molecule has 0 aromatic carbocycles. The van der Waals surface area contributed by atoms with Crippen molar-refractivity contribution in [3.63, 3.8) is 0 Å². The van der Waals surface area contributed by atoms with Crippen LogP contribution < -0.4 is 10.6 Å². The predicted octanol–water partition coefficient (Wildman–Crippen LogP) is 2.43. The Morgan fingerprint density at radius 3 is 2.36 bits per heavy atom. The Morgan fingerprint density at radius 2 is 1.91 bits per heavy atom. The molecule has 0 spiro atoms. The van der Waals surface area contributed by atoms with Crippen LogP contribution in [0, 0.1) is 13.8 Å². The molecule has 2 N–H and O–H groups in total. The summed E-state index contributed by atoms with van der Waals surface area (Å²) in [6.45, 7) is 10.3. The molecule has 0 amide bonds. The fourth-order valence-corrected chi connectivity index (χ4v) is 2.55. The molecular formula is C15H30IN5S. The van der Waals surface area contributed by atoms with E-state index in [1.165, 1.54) is 9.88 Å². The van der Waals surface area contributed by atoms with Gasteiger partial charge in [0.2, 0.25) is 0 Å². The number of nitrogens with one attached hydrogen (secondary N) is 2. The van der Waals surface area contributed by atoms with Crippen LogP contribution in [0.15, 0.2) is 4.99 Å². The lowest BCUT2D eigenvalue weighted by Crippen LogP contribution is -2.51. The Hall–Kier alpha value is -0.410. The number of guanidine groups is 1. The van der Waals surface area contributed by atoms with Crippen LogP contribution in [0.25, 0.3) is 0 Å². The second kappa shape index (κ2) is 9.67. The van der Waals surface area contributed by atoms with Crippen molar-refractivity contribution in [3.05, 3.63) is 15.6 Å². The van der Waals surface area contributed by atoms with E-state index in [0.29, 0.717) is 0 Å². The zero-order valence-corrected chi connectivity index (χ0v) is 17.9. The molecule has 1 aromatic heterocycles. The van der Waals surface area contributed by atoms with Crippen molar-refractivity contribution in [3.8, 4) is 0 Å². The molecule has 0 aliphatic carbocycles. The van der Waals surface area contributed by atoms with Crippen LogP contribution in [-0.4, -0.2) is 55.6 Å². The van der Waals surface area contributed by atoms with Gasteiger partial charge >= 0.3 is 0 Å². The van der Waals surface area contributed by atoms with Gasteiger partial charge < -0.3 is 15.5 Å². The zero-order chi connectivity index (χ0) is 16.0. The van der Waals surface area contributed by atoms with Crippen molar-refractivity contribution in [2.24, 2.45) is 4.99 Å². The maximum absolute atomic E-state index is 4.55. The third-order valence-corrected chi connectivity index (χ3v) is 4.96. The van der Waals surface area contributed by atoms with E-state index in [0.717, 1.165) is 31.2 Å². The van der Waals surface area contributed by atoms with Crippen LogP contribution in [0.5, 0.6) is 0 Å². The highest BCUT2D eigenvalue weighted by molar-refractivity contribution is 14.0. The van der Waals surface area contributed by atoms with E-state index >= 15 is 0 Å². The lowest BCUT2D eigenvalue weighted by Gasteiger charge is -2.33. The fourth-order valence-electron chi connectivity index (χ4n) is 1.61. The van der Waals surface area contributed by atoms with Crippen LogP contribution in [0.1, 0.15) is 29.4 Å². The summed E-state index contributed by atoms with van der Waals surface area (Å²) in [6, 6.07) is 0. The number of likely N-dealkylation sites (N-methyl/N-ethyl adjacent to an activating group) is 1. The monoisotopic (exact) mass is 439 g/mol. The van der Waals surface area contributed by atoms with Crippen LogP contribution in [0.4, 0.5) is 0 Å². The second-order valence-corrected chi connectivity index (χ2v) is 7.35. The predicted molar refractivity (Wildman–Crippen MR) is 108 cm³/mol. The topological polar surface area (TPSA) is 52.6 Å². The molecule has 0 saturated carbocycles. The van der Waals surface area contributed by atoms with Crippen molar-refractivity contribution >= 4 is 41.3 Å². The highest BCUT2D eigenvalue weighted by atomic mass is 127. The van der Waals surface area contributed by atoms with Gasteiger partial charge in [-0.25, -0.2) is 4.98 Å². The third-order valence-electron chi connectivity index (χ3n) is 3.83. The van der Waals surface area contributed by atoms with Crippen molar-refractivity contribution in [1.29, 1.82) is 0 Å². The number of aryl methyl sites for hydroxylation is 2. The summed E-state index contributed by atoms with van der Waals surface area (Å²) in [5, 5.41) is 7.90. The summed E-state index contributed by atoms with van der Waals surface area (Å²) in [5.41, 5.74) is 1.23. The van der Waals surface area contributed by atoms with E-state index in [1.54, 1.807) is 18.4 Å². The second-order valence-electron chi connectivity index (χ2n) is 6.06. The Morgan fingerprint density at radius 1 is 1.27 bits per heavy atom. The molecule has 0 saturated heterocycles. The lowest BCUT2D eigenvalue weighted by molar-refractivity contribution is 0.197. The van der Waals surface area contributed by atoms with Gasteiger partial charge in [-0.05, 0) is 41.8 Å². The number of hydrogen-bond acceptors (Lipinski definition) is 4. The number of hydrogen-bond donors (Lipinski definition) is 2. The normalized spacial score (nSPS) is 12.3. The summed E-state index contributed by atoms with van der Waals surface area (Å²) in [4.78, 5) is 12.3. The largest absolute Gasteiger partial charge is 0.356 e. The quantitative estimate of drug-likeness (QED) is 0.406. The van der Waals surface area contributed by atoms with Crippen LogP contribution >= 0.6 is 35.3 Å². The van der Waals surface area contributed by atoms with Crippen molar-refractivity contribution < 1.29 is 0 Å². The van der Waals surface area contributed by atoms with Crippen LogP contribution in [-0.2, 0) is 6.42 Å². The van der Waals surface area contributed by atoms with Crippen molar-refractivity contribution in [2.75, 3.05) is 34.2 Å². The SMILES string of the molecule is CN=C(NCCc1nc(C)c(C)s1)NCC(C)(C)N(C)C.I. The number of aliphatic imine (C=N–C) groups is 1. The van der Waals surface area contributed by atoms with E-state index in [-0.39, 0.29) is 29.5 Å². The zero-order valence-electron chi connectivity index (χ0n) is 14.8. The average Bonchev–Trinajstić information content (AvgIpc) is 2.72. The average molecular weight is 439 g/mol. The molecule has 0 unspecified atom stereocenters. The van der Waals surface area contributed by atoms with Gasteiger partial charge in [0.15, 0.2) is 5.96 Å². The van der Waals surface area contributed by atoms with Gasteiger partial charge in [0.25, 0.3) is 0 Å². The Kier molecular flexibility index (Phi) is 9.49. The van der Waals surface area contributed by atoms with Gasteiger partial charge in [-0.15, -0.1) is 35.3 Å². The minimum absolute atomic E-state index is 0. The molecule has 128 valence electrons. The molecule has 22 heavy (non-hydrogen) atoms. The molecule has 1 rings (SSSR count). The first kappa shape index (κ1) is 21.6. The van der Waals surface area contributed by atoms with E-state index in [9.17, 15) is 0 Å². The lowest BCUT2D eigenvalue weighted by atomic mass is 10.0. The van der Waals surface area contributed by atoms with Crippen molar-refractivity contribution in [2.45, 2.75) is 39.7 Å². The van der Waals surface area contributed by atoms with Crippen molar-refractivity contribution in [1.82, 2.24) is 20.5 Å². The fraction of sp³-hybridized carbons (Fsp3) is 0.733. The number of rotatable bonds is 6. The van der Waals surface area contributed by atoms with Gasteiger partial charge in [-0.3, -0.25) is 4.99 Å². The van der Waals surface area contributed by atoms with Crippen LogP contribution in [0.2, 0.25) is 0 Å². The van der Waals surface area contributed by atoms with Gasteiger partial charge in [0.1, 0.15) is 0 Å².